The molecule has 3 aromatic rings. The number of fused-ring (bicyclic) bond motifs is 3. The van der Waals surface area contributed by atoms with E-state index in [4.69, 9.17) is 22.5 Å². The molecule has 3 aromatic carbocycles. The second-order valence-corrected chi connectivity index (χ2v) is 9.57. The summed E-state index contributed by atoms with van der Waals surface area (Å²) in [5.74, 6) is -0.897. The van der Waals surface area contributed by atoms with Gasteiger partial charge in [-0.25, -0.2) is 0 Å². The molecule has 37 heavy (non-hydrogen) atoms. The highest BCUT2D eigenvalue weighted by molar-refractivity contribution is 6.30. The van der Waals surface area contributed by atoms with Crippen molar-refractivity contribution in [2.75, 3.05) is 6.54 Å². The van der Waals surface area contributed by atoms with Crippen LogP contribution in [0.2, 0.25) is 5.02 Å². The lowest BCUT2D eigenvalue weighted by molar-refractivity contribution is -0.151. The zero-order valence-corrected chi connectivity index (χ0v) is 20.7. The number of carbonyl (C=O) groups is 2. The molecule has 2 atom stereocenters. The maximum Gasteiger partial charge on any atom is 0.264 e. The molecule has 2 amide bonds. The fourth-order valence-corrected chi connectivity index (χ4v) is 5.59. The van der Waals surface area contributed by atoms with Gasteiger partial charge in [-0.3, -0.25) is 9.59 Å². The third-order valence-corrected chi connectivity index (χ3v) is 7.37. The normalized spacial score (nSPS) is 20.2. The summed E-state index contributed by atoms with van der Waals surface area (Å²) in [7, 11) is 0. The summed E-state index contributed by atoms with van der Waals surface area (Å²) in [6, 6.07) is 16.5. The Morgan fingerprint density at radius 2 is 1.89 bits per heavy atom. The van der Waals surface area contributed by atoms with E-state index in [1.165, 1.54) is 4.90 Å². The molecule has 0 spiro atoms. The maximum absolute atomic E-state index is 14.1. The van der Waals surface area contributed by atoms with Gasteiger partial charge < -0.3 is 26.3 Å². The second kappa shape index (κ2) is 9.93. The van der Waals surface area contributed by atoms with Crippen molar-refractivity contribution in [3.63, 3.8) is 0 Å². The summed E-state index contributed by atoms with van der Waals surface area (Å²) >= 11 is 6.12. The average molecular weight is 520 g/mol. The zero-order chi connectivity index (χ0) is 26.2. The van der Waals surface area contributed by atoms with E-state index in [-0.39, 0.29) is 12.5 Å². The number of nitrogens with one attached hydrogen (secondary N) is 1. The number of carbonyl (C=O) groups excluding carboxylic acids is 2. The van der Waals surface area contributed by atoms with E-state index in [1.807, 2.05) is 6.07 Å². The lowest BCUT2D eigenvalue weighted by Gasteiger charge is -2.33. The molecule has 5 N–H and O–H groups in total. The van der Waals surface area contributed by atoms with E-state index in [2.05, 4.69) is 15.7 Å². The van der Waals surface area contributed by atoms with Crippen molar-refractivity contribution in [3.8, 4) is 11.1 Å². The predicted octanol–water partition coefficient (Wildman–Crippen LogP) is 3.80. The van der Waals surface area contributed by atoms with Gasteiger partial charge in [0.25, 0.3) is 5.91 Å². The fraction of sp³-hybridized carbons (Fsp3) is 0.259. The molecular weight excluding hydrogens is 494 g/mol. The minimum absolute atomic E-state index is 0.218. The van der Waals surface area contributed by atoms with Crippen molar-refractivity contribution in [2.45, 2.75) is 37.6 Å². The number of rotatable bonds is 6. The number of amides is 2. The Morgan fingerprint density at radius 3 is 2.68 bits per heavy atom. The third kappa shape index (κ3) is 4.15. The van der Waals surface area contributed by atoms with Crippen LogP contribution in [-0.4, -0.2) is 39.6 Å². The Morgan fingerprint density at radius 1 is 1.11 bits per heavy atom. The Balaban J connectivity index is 1.45. The number of aliphatic hydroxyl groups is 1. The molecule has 1 aliphatic carbocycles. The molecular formula is C27H26ClN5O4. The smallest absolute Gasteiger partial charge is 0.264 e. The quantitative estimate of drug-likeness (QED) is 0.289. The highest BCUT2D eigenvalue weighted by Gasteiger charge is 2.52. The van der Waals surface area contributed by atoms with Crippen LogP contribution in [0, 0.1) is 0 Å². The molecule has 1 saturated heterocycles. The van der Waals surface area contributed by atoms with Crippen molar-refractivity contribution in [1.82, 2.24) is 10.2 Å². The summed E-state index contributed by atoms with van der Waals surface area (Å²) in [5, 5.41) is 31.2. The number of nitrogens with zero attached hydrogens (tertiary/aromatic N) is 3. The van der Waals surface area contributed by atoms with Crippen LogP contribution in [0.25, 0.3) is 11.1 Å². The summed E-state index contributed by atoms with van der Waals surface area (Å²) in [4.78, 5) is 28.8. The highest BCUT2D eigenvalue weighted by Crippen LogP contribution is 2.52. The summed E-state index contributed by atoms with van der Waals surface area (Å²) in [5.41, 5.74) is 7.67. The van der Waals surface area contributed by atoms with Crippen molar-refractivity contribution < 1.29 is 19.9 Å². The fourth-order valence-electron chi connectivity index (χ4n) is 5.40. The molecule has 2 aliphatic rings. The van der Waals surface area contributed by atoms with Crippen molar-refractivity contribution in [1.29, 1.82) is 0 Å². The molecule has 0 saturated carbocycles. The molecule has 1 heterocycles. The number of hydrogen-bond donors (Lipinski definition) is 4. The first-order valence-electron chi connectivity index (χ1n) is 12.0. The minimum Gasteiger partial charge on any atom is -0.394 e. The number of benzene rings is 3. The van der Waals surface area contributed by atoms with Crippen molar-refractivity contribution in [3.05, 3.63) is 87.9 Å². The second-order valence-electron chi connectivity index (χ2n) is 9.14. The summed E-state index contributed by atoms with van der Waals surface area (Å²) in [6.45, 7) is 0.855. The maximum atomic E-state index is 14.1. The van der Waals surface area contributed by atoms with Crippen molar-refractivity contribution in [2.24, 2.45) is 16.1 Å². The number of likely N-dealkylation sites (tertiary alicyclic amines) is 1. The van der Waals surface area contributed by atoms with Gasteiger partial charge in [-0.2, -0.15) is 0 Å². The van der Waals surface area contributed by atoms with E-state index in [0.29, 0.717) is 58.9 Å². The predicted molar refractivity (Wildman–Crippen MR) is 137 cm³/mol. The first-order valence-corrected chi connectivity index (χ1v) is 12.3. The molecule has 0 aromatic heterocycles. The Labute approximate surface area is 218 Å². The lowest BCUT2D eigenvalue weighted by atomic mass is 9.89. The first-order chi connectivity index (χ1) is 17.9. The van der Waals surface area contributed by atoms with E-state index in [0.717, 1.165) is 11.1 Å². The molecule has 0 radical (unpaired) electrons. The molecule has 0 bridgehead atoms. The van der Waals surface area contributed by atoms with Crippen molar-refractivity contribution >= 4 is 29.1 Å². The van der Waals surface area contributed by atoms with Crippen LogP contribution in [0.15, 0.2) is 71.1 Å². The molecule has 5 rings (SSSR count). The Kier molecular flexibility index (Phi) is 6.68. The molecule has 10 heteroatoms. The monoisotopic (exact) mass is 519 g/mol. The van der Waals surface area contributed by atoms with Gasteiger partial charge in [0.05, 0.1) is 5.69 Å². The van der Waals surface area contributed by atoms with Gasteiger partial charge in [0, 0.05) is 46.6 Å². The number of halogens is 1. The van der Waals surface area contributed by atoms with E-state index < -0.39 is 17.6 Å². The molecule has 190 valence electrons. The van der Waals surface area contributed by atoms with Gasteiger partial charge in [0.2, 0.25) is 5.91 Å². The van der Waals surface area contributed by atoms with Gasteiger partial charge >= 0.3 is 0 Å². The standard InChI is InChI=1S/C27H26ClN5O4/c28-18-11-10-16(14-29)17(13-18)15-30-25(34)23-9-4-12-33(23)26(35)27(36)20-6-2-1-5-19(20)24-21(27)7-3-8-22(24)31-32-37/h1-3,5-8,10-11,13,23,36H,4,9,12,14-15,29H2,(H,30,34)(H,31,37)/t23-,27?/m0/s1. The van der Waals surface area contributed by atoms with Gasteiger partial charge in [0.1, 0.15) is 6.04 Å². The van der Waals surface area contributed by atoms with E-state index >= 15 is 0 Å². The SMILES string of the molecule is NCc1ccc(Cl)cc1CNC(=O)[C@@H]1CCCN1C(=O)C1(O)c2ccccc2-c2c(/N=N/O)cccc21. The number of hydrogen-bond acceptors (Lipinski definition) is 6. The Hall–Kier alpha value is -3.79. The van der Waals surface area contributed by atoms with Crippen LogP contribution in [0.5, 0.6) is 0 Å². The summed E-state index contributed by atoms with van der Waals surface area (Å²) in [6.07, 6.45) is 1.10. The van der Waals surface area contributed by atoms with E-state index in [1.54, 1.807) is 54.6 Å². The largest absolute Gasteiger partial charge is 0.394 e. The van der Waals surface area contributed by atoms with Crippen LogP contribution in [-0.2, 0) is 28.3 Å². The van der Waals surface area contributed by atoms with Crippen LogP contribution in [0.4, 0.5) is 5.69 Å². The number of nitrogens with two attached hydrogens (primary N) is 1. The molecule has 1 unspecified atom stereocenters. The van der Waals surface area contributed by atoms with Gasteiger partial charge in [0.15, 0.2) is 5.60 Å². The van der Waals surface area contributed by atoms with Crippen LogP contribution < -0.4 is 11.1 Å². The summed E-state index contributed by atoms with van der Waals surface area (Å²) < 4.78 is 0. The third-order valence-electron chi connectivity index (χ3n) is 7.14. The van der Waals surface area contributed by atoms with Crippen LogP contribution in [0.1, 0.15) is 35.1 Å². The lowest BCUT2D eigenvalue weighted by Crippen LogP contribution is -2.52. The van der Waals surface area contributed by atoms with Gasteiger partial charge in [-0.15, -0.1) is 5.11 Å². The first kappa shape index (κ1) is 24.9. The topological polar surface area (TPSA) is 141 Å². The van der Waals surface area contributed by atoms with Crippen LogP contribution >= 0.6 is 11.6 Å². The molecule has 1 aliphatic heterocycles. The minimum atomic E-state index is -2.02. The van der Waals surface area contributed by atoms with E-state index in [9.17, 15) is 14.7 Å². The highest BCUT2D eigenvalue weighted by atomic mass is 35.5. The average Bonchev–Trinajstić information content (AvgIpc) is 3.50. The van der Waals surface area contributed by atoms with Gasteiger partial charge in [-0.1, -0.05) is 54.1 Å². The van der Waals surface area contributed by atoms with Crippen LogP contribution in [0.3, 0.4) is 0 Å². The van der Waals surface area contributed by atoms with Gasteiger partial charge in [-0.05, 0) is 47.7 Å². The molecule has 9 nitrogen and oxygen atoms in total. The Bertz CT molecular complexity index is 1410. The molecule has 1 fully saturated rings. The zero-order valence-electron chi connectivity index (χ0n) is 19.9.